The van der Waals surface area contributed by atoms with Crippen LogP contribution in [0.25, 0.3) is 0 Å². The van der Waals surface area contributed by atoms with E-state index in [0.29, 0.717) is 5.82 Å². The number of nitrogens with zero attached hydrogens (tertiary/aromatic N) is 2. The lowest BCUT2D eigenvalue weighted by Crippen LogP contribution is -2.39. The number of anilines is 1. The second kappa shape index (κ2) is 9.37. The second-order valence-electron chi connectivity index (χ2n) is 5.95. The van der Waals surface area contributed by atoms with Crippen molar-refractivity contribution < 1.29 is 14.7 Å². The zero-order chi connectivity index (χ0) is 19.8. The van der Waals surface area contributed by atoms with Crippen molar-refractivity contribution in [2.24, 2.45) is 7.05 Å². The van der Waals surface area contributed by atoms with E-state index in [4.69, 9.17) is 5.11 Å². The molecule has 1 aromatic heterocycles. The van der Waals surface area contributed by atoms with Crippen LogP contribution in [-0.2, 0) is 23.2 Å². The first-order chi connectivity index (χ1) is 12.9. The van der Waals surface area contributed by atoms with Crippen molar-refractivity contribution in [3.63, 3.8) is 0 Å². The number of amides is 1. The highest BCUT2D eigenvalue weighted by molar-refractivity contribution is 5.77. The molecule has 0 fully saturated rings. The van der Waals surface area contributed by atoms with Gasteiger partial charge in [0.05, 0.1) is 13.0 Å². The van der Waals surface area contributed by atoms with Gasteiger partial charge in [-0.25, -0.2) is 4.79 Å². The van der Waals surface area contributed by atoms with Gasteiger partial charge in [-0.05, 0) is 5.56 Å². The minimum atomic E-state index is -0.988. The molecule has 0 unspecified atom stereocenters. The highest BCUT2D eigenvalue weighted by Gasteiger charge is 2.10. The number of carbonyl (C=O) groups is 2. The first-order valence-electron chi connectivity index (χ1n) is 8.45. The van der Waals surface area contributed by atoms with Crippen LogP contribution >= 0.6 is 0 Å². The molecule has 0 aliphatic carbocycles. The third-order valence-electron chi connectivity index (χ3n) is 3.90. The molecule has 1 heterocycles. The first kappa shape index (κ1) is 20.0. The molecule has 2 aromatic rings. The van der Waals surface area contributed by atoms with Gasteiger partial charge in [0.25, 0.3) is 5.56 Å². The van der Waals surface area contributed by atoms with Crippen LogP contribution in [0.3, 0.4) is 0 Å². The van der Waals surface area contributed by atoms with E-state index in [0.717, 1.165) is 10.1 Å². The number of aromatic nitrogens is 2. The molecule has 27 heavy (non-hydrogen) atoms. The van der Waals surface area contributed by atoms with Crippen LogP contribution < -0.4 is 21.9 Å². The van der Waals surface area contributed by atoms with E-state index < -0.39 is 17.2 Å². The van der Waals surface area contributed by atoms with Crippen molar-refractivity contribution in [3.8, 4) is 0 Å². The predicted octanol–water partition coefficient (Wildman–Crippen LogP) is -0.0118. The summed E-state index contributed by atoms with van der Waals surface area (Å²) in [7, 11) is 1.41. The van der Waals surface area contributed by atoms with E-state index in [2.05, 4.69) is 10.6 Å². The van der Waals surface area contributed by atoms with E-state index in [1.165, 1.54) is 17.7 Å². The average Bonchev–Trinajstić information content (AvgIpc) is 2.63. The standard InChI is InChI=1S/C18H22N4O5/c1-21-16(24)11-14(19-9-7-15(23)20-10-8-17(25)26)22(18(21)27)12-13-5-3-2-4-6-13/h2-6,11,19H,7-10,12H2,1H3,(H,20,23)(H,25,26). The summed E-state index contributed by atoms with van der Waals surface area (Å²) >= 11 is 0. The van der Waals surface area contributed by atoms with Gasteiger partial charge in [-0.15, -0.1) is 0 Å². The maximum Gasteiger partial charge on any atom is 0.332 e. The quantitative estimate of drug-likeness (QED) is 0.567. The van der Waals surface area contributed by atoms with Crippen molar-refractivity contribution in [3.05, 3.63) is 62.8 Å². The Morgan fingerprint density at radius 1 is 1.07 bits per heavy atom. The lowest BCUT2D eigenvalue weighted by atomic mass is 10.2. The van der Waals surface area contributed by atoms with Crippen LogP contribution in [0, 0.1) is 0 Å². The molecule has 9 nitrogen and oxygen atoms in total. The molecule has 0 aliphatic heterocycles. The molecule has 0 spiro atoms. The summed E-state index contributed by atoms with van der Waals surface area (Å²) in [5, 5.41) is 14.0. The number of hydrogen-bond acceptors (Lipinski definition) is 5. The Morgan fingerprint density at radius 3 is 2.44 bits per heavy atom. The van der Waals surface area contributed by atoms with Gasteiger partial charge in [-0.1, -0.05) is 30.3 Å². The van der Waals surface area contributed by atoms with Crippen LogP contribution in [0.2, 0.25) is 0 Å². The summed E-state index contributed by atoms with van der Waals surface area (Å²) in [6, 6.07) is 10.6. The Balaban J connectivity index is 2.07. The maximum absolute atomic E-state index is 12.5. The molecule has 0 aliphatic rings. The molecule has 9 heteroatoms. The van der Waals surface area contributed by atoms with Gasteiger partial charge in [0.1, 0.15) is 5.82 Å². The summed E-state index contributed by atoms with van der Waals surface area (Å²) in [6.07, 6.45) is -0.0706. The Labute approximate surface area is 155 Å². The van der Waals surface area contributed by atoms with Crippen molar-refractivity contribution in [2.75, 3.05) is 18.4 Å². The Kier molecular flexibility index (Phi) is 6.93. The van der Waals surface area contributed by atoms with E-state index in [9.17, 15) is 19.2 Å². The second-order valence-corrected chi connectivity index (χ2v) is 5.95. The zero-order valence-electron chi connectivity index (χ0n) is 15.0. The third-order valence-corrected chi connectivity index (χ3v) is 3.90. The summed E-state index contributed by atoms with van der Waals surface area (Å²) in [6.45, 7) is 0.528. The summed E-state index contributed by atoms with van der Waals surface area (Å²) < 4.78 is 2.45. The van der Waals surface area contributed by atoms with Gasteiger partial charge in [0.15, 0.2) is 0 Å². The number of hydrogen-bond donors (Lipinski definition) is 3. The minimum absolute atomic E-state index is 0.0543. The highest BCUT2D eigenvalue weighted by atomic mass is 16.4. The molecule has 1 aromatic carbocycles. The van der Waals surface area contributed by atoms with Crippen molar-refractivity contribution >= 4 is 17.7 Å². The molecule has 0 saturated heterocycles. The third kappa shape index (κ3) is 5.84. The van der Waals surface area contributed by atoms with E-state index >= 15 is 0 Å². The molecule has 144 valence electrons. The van der Waals surface area contributed by atoms with Crippen LogP contribution in [0.1, 0.15) is 18.4 Å². The fourth-order valence-corrected chi connectivity index (χ4v) is 2.44. The normalized spacial score (nSPS) is 10.4. The molecular weight excluding hydrogens is 352 g/mol. The predicted molar refractivity (Wildman–Crippen MR) is 99.9 cm³/mol. The van der Waals surface area contributed by atoms with Crippen LogP contribution in [0.4, 0.5) is 5.82 Å². The Bertz CT molecular complexity index is 918. The molecule has 1 amide bonds. The van der Waals surface area contributed by atoms with Crippen molar-refractivity contribution in [1.82, 2.24) is 14.5 Å². The van der Waals surface area contributed by atoms with Crippen LogP contribution in [0.15, 0.2) is 46.0 Å². The number of rotatable bonds is 9. The molecular formula is C18H22N4O5. The van der Waals surface area contributed by atoms with E-state index in [1.54, 1.807) is 0 Å². The van der Waals surface area contributed by atoms with Gasteiger partial charge in [-0.2, -0.15) is 0 Å². The molecule has 2 rings (SSSR count). The highest BCUT2D eigenvalue weighted by Crippen LogP contribution is 2.07. The number of carbonyl (C=O) groups excluding carboxylic acids is 1. The summed E-state index contributed by atoms with van der Waals surface area (Å²) in [4.78, 5) is 46.5. The number of carboxylic acid groups (broad SMARTS) is 1. The smallest absolute Gasteiger partial charge is 0.332 e. The summed E-state index contributed by atoms with van der Waals surface area (Å²) in [5.41, 5.74) is -0.00908. The van der Waals surface area contributed by atoms with Crippen molar-refractivity contribution in [2.45, 2.75) is 19.4 Å². The molecule has 0 bridgehead atoms. The largest absolute Gasteiger partial charge is 0.481 e. The lowest BCUT2D eigenvalue weighted by Gasteiger charge is -2.15. The molecule has 0 atom stereocenters. The SMILES string of the molecule is Cn1c(=O)cc(NCCC(=O)NCCC(=O)O)n(Cc2ccccc2)c1=O. The van der Waals surface area contributed by atoms with Gasteiger partial charge in [-0.3, -0.25) is 23.5 Å². The molecule has 0 saturated carbocycles. The van der Waals surface area contributed by atoms with Gasteiger partial charge < -0.3 is 15.7 Å². The number of benzene rings is 1. The Hall–Kier alpha value is -3.36. The monoisotopic (exact) mass is 374 g/mol. The van der Waals surface area contributed by atoms with Crippen molar-refractivity contribution in [1.29, 1.82) is 0 Å². The van der Waals surface area contributed by atoms with Crippen LogP contribution in [0.5, 0.6) is 0 Å². The molecule has 3 N–H and O–H groups in total. The first-order valence-corrected chi connectivity index (χ1v) is 8.45. The summed E-state index contributed by atoms with van der Waals surface area (Å²) in [5.74, 6) is -0.978. The maximum atomic E-state index is 12.5. The van der Waals surface area contributed by atoms with Gasteiger partial charge in [0.2, 0.25) is 5.91 Å². The minimum Gasteiger partial charge on any atom is -0.481 e. The van der Waals surface area contributed by atoms with E-state index in [1.807, 2.05) is 30.3 Å². The fourth-order valence-electron chi connectivity index (χ4n) is 2.44. The molecule has 0 radical (unpaired) electrons. The number of aliphatic carboxylic acids is 1. The average molecular weight is 374 g/mol. The van der Waals surface area contributed by atoms with Gasteiger partial charge in [0, 0.05) is 32.6 Å². The Morgan fingerprint density at radius 2 is 1.78 bits per heavy atom. The van der Waals surface area contributed by atoms with Crippen LogP contribution in [-0.4, -0.2) is 39.2 Å². The van der Waals surface area contributed by atoms with Gasteiger partial charge >= 0.3 is 11.7 Å². The fraction of sp³-hybridized carbons (Fsp3) is 0.333. The number of carboxylic acids is 1. The zero-order valence-corrected chi connectivity index (χ0v) is 15.0. The topological polar surface area (TPSA) is 122 Å². The lowest BCUT2D eigenvalue weighted by molar-refractivity contribution is -0.136. The van der Waals surface area contributed by atoms with E-state index in [-0.39, 0.29) is 38.4 Å². The number of nitrogens with one attached hydrogen (secondary N) is 2.